The number of thiophene rings is 1. The molecule has 0 spiro atoms. The predicted octanol–water partition coefficient (Wildman–Crippen LogP) is 1.74. The third kappa shape index (κ3) is 3.66. The van der Waals surface area contributed by atoms with Crippen molar-refractivity contribution in [3.8, 4) is 0 Å². The number of rotatable bonds is 5. The molecule has 1 rings (SSSR count). The van der Waals surface area contributed by atoms with Crippen molar-refractivity contribution >= 4 is 23.2 Å². The van der Waals surface area contributed by atoms with E-state index in [0.29, 0.717) is 18.0 Å². The molecular formula is C11H15NO3S. The van der Waals surface area contributed by atoms with Crippen molar-refractivity contribution in [2.75, 3.05) is 13.2 Å². The summed E-state index contributed by atoms with van der Waals surface area (Å²) in [5, 5.41) is 4.56. The fourth-order valence-corrected chi connectivity index (χ4v) is 2.04. The van der Waals surface area contributed by atoms with Gasteiger partial charge in [0.2, 0.25) is 0 Å². The van der Waals surface area contributed by atoms with Crippen molar-refractivity contribution in [3.05, 3.63) is 21.9 Å². The summed E-state index contributed by atoms with van der Waals surface area (Å²) < 4.78 is 4.75. The van der Waals surface area contributed by atoms with E-state index in [4.69, 9.17) is 4.74 Å². The maximum Gasteiger partial charge on any atom is 0.307 e. The Balaban J connectivity index is 2.31. The van der Waals surface area contributed by atoms with Gasteiger partial charge in [-0.3, -0.25) is 9.59 Å². The summed E-state index contributed by atoms with van der Waals surface area (Å²) in [5.41, 5.74) is 0.957. The Hall–Kier alpha value is -1.36. The highest BCUT2D eigenvalue weighted by Gasteiger charge is 2.10. The average molecular weight is 241 g/mol. The van der Waals surface area contributed by atoms with Gasteiger partial charge in [0.25, 0.3) is 5.91 Å². The van der Waals surface area contributed by atoms with E-state index in [2.05, 4.69) is 5.32 Å². The first-order chi connectivity index (χ1) is 7.65. The molecule has 0 atom stereocenters. The highest BCUT2D eigenvalue weighted by atomic mass is 32.1. The lowest BCUT2D eigenvalue weighted by molar-refractivity contribution is -0.142. The van der Waals surface area contributed by atoms with E-state index in [0.717, 1.165) is 5.56 Å². The van der Waals surface area contributed by atoms with Crippen molar-refractivity contribution in [1.29, 1.82) is 0 Å². The van der Waals surface area contributed by atoms with Gasteiger partial charge in [-0.2, -0.15) is 0 Å². The van der Waals surface area contributed by atoms with Crippen LogP contribution in [0.2, 0.25) is 0 Å². The number of aryl methyl sites for hydroxylation is 1. The van der Waals surface area contributed by atoms with Crippen molar-refractivity contribution in [1.82, 2.24) is 5.32 Å². The van der Waals surface area contributed by atoms with E-state index in [1.54, 1.807) is 6.92 Å². The first-order valence-corrected chi connectivity index (χ1v) is 6.01. The van der Waals surface area contributed by atoms with Crippen molar-refractivity contribution in [2.24, 2.45) is 0 Å². The summed E-state index contributed by atoms with van der Waals surface area (Å²) in [4.78, 5) is 23.3. The maximum atomic E-state index is 11.6. The Labute approximate surface area is 98.6 Å². The quantitative estimate of drug-likeness (QED) is 0.799. The molecule has 1 aromatic heterocycles. The molecule has 16 heavy (non-hydrogen) atoms. The van der Waals surface area contributed by atoms with Gasteiger partial charge in [0, 0.05) is 6.54 Å². The molecule has 0 radical (unpaired) electrons. The van der Waals surface area contributed by atoms with Gasteiger partial charge < -0.3 is 10.1 Å². The zero-order valence-corrected chi connectivity index (χ0v) is 10.2. The fourth-order valence-electron chi connectivity index (χ4n) is 1.20. The average Bonchev–Trinajstić information content (AvgIpc) is 2.64. The number of carbonyl (C=O) groups is 2. The standard InChI is InChI=1S/C11H15NO3S/c1-3-15-9(13)4-6-12-11(14)10-8(2)5-7-16-10/h5,7H,3-4,6H2,1-2H3,(H,12,14). The number of hydrogen-bond acceptors (Lipinski definition) is 4. The molecule has 1 heterocycles. The van der Waals surface area contributed by atoms with Crippen LogP contribution in [0, 0.1) is 6.92 Å². The topological polar surface area (TPSA) is 55.4 Å². The lowest BCUT2D eigenvalue weighted by Gasteiger charge is -2.04. The molecule has 1 N–H and O–H groups in total. The third-order valence-corrected chi connectivity index (χ3v) is 3.00. The summed E-state index contributed by atoms with van der Waals surface area (Å²) in [6, 6.07) is 1.89. The molecule has 0 fully saturated rings. The Morgan fingerprint density at radius 3 is 2.81 bits per heavy atom. The Bertz CT molecular complexity index is 373. The summed E-state index contributed by atoms with van der Waals surface area (Å²) in [6.07, 6.45) is 0.212. The van der Waals surface area contributed by atoms with Gasteiger partial charge in [-0.05, 0) is 30.9 Å². The summed E-state index contributed by atoms with van der Waals surface area (Å²) in [7, 11) is 0. The van der Waals surface area contributed by atoms with Crippen LogP contribution in [0.5, 0.6) is 0 Å². The highest BCUT2D eigenvalue weighted by Crippen LogP contribution is 2.14. The van der Waals surface area contributed by atoms with Gasteiger partial charge >= 0.3 is 5.97 Å². The lowest BCUT2D eigenvalue weighted by atomic mass is 10.3. The predicted molar refractivity (Wildman–Crippen MR) is 62.6 cm³/mol. The molecule has 5 heteroatoms. The van der Waals surface area contributed by atoms with E-state index in [9.17, 15) is 9.59 Å². The van der Waals surface area contributed by atoms with Crippen LogP contribution in [-0.4, -0.2) is 25.0 Å². The van der Waals surface area contributed by atoms with Crippen LogP contribution in [0.4, 0.5) is 0 Å². The van der Waals surface area contributed by atoms with Crippen molar-refractivity contribution < 1.29 is 14.3 Å². The molecule has 0 saturated heterocycles. The molecule has 88 valence electrons. The molecule has 0 saturated carbocycles. The van der Waals surface area contributed by atoms with Gasteiger partial charge in [0.05, 0.1) is 17.9 Å². The van der Waals surface area contributed by atoms with Crippen LogP contribution in [-0.2, 0) is 9.53 Å². The minimum absolute atomic E-state index is 0.128. The van der Waals surface area contributed by atoms with Gasteiger partial charge in [-0.25, -0.2) is 0 Å². The van der Waals surface area contributed by atoms with Crippen LogP contribution in [0.3, 0.4) is 0 Å². The molecule has 0 aliphatic rings. The summed E-state index contributed by atoms with van der Waals surface area (Å²) >= 11 is 1.40. The van der Waals surface area contributed by atoms with E-state index in [1.165, 1.54) is 11.3 Å². The molecule has 0 aliphatic carbocycles. The maximum absolute atomic E-state index is 11.6. The SMILES string of the molecule is CCOC(=O)CCNC(=O)c1sccc1C. The second-order valence-electron chi connectivity index (χ2n) is 3.24. The van der Waals surface area contributed by atoms with Gasteiger partial charge in [0.1, 0.15) is 0 Å². The van der Waals surface area contributed by atoms with Gasteiger partial charge in [-0.15, -0.1) is 11.3 Å². The van der Waals surface area contributed by atoms with Gasteiger partial charge in [-0.1, -0.05) is 0 Å². The van der Waals surface area contributed by atoms with Crippen LogP contribution < -0.4 is 5.32 Å². The molecule has 4 nitrogen and oxygen atoms in total. The van der Waals surface area contributed by atoms with E-state index >= 15 is 0 Å². The van der Waals surface area contributed by atoms with E-state index in [-0.39, 0.29) is 18.3 Å². The lowest BCUT2D eigenvalue weighted by Crippen LogP contribution is -2.26. The Kier molecular flexibility index (Phi) is 4.98. The number of amides is 1. The Morgan fingerprint density at radius 1 is 1.50 bits per heavy atom. The number of nitrogens with one attached hydrogen (secondary N) is 1. The van der Waals surface area contributed by atoms with Crippen molar-refractivity contribution in [3.63, 3.8) is 0 Å². The number of esters is 1. The molecule has 1 amide bonds. The summed E-state index contributed by atoms with van der Waals surface area (Å²) in [5.74, 6) is -0.414. The molecule has 0 bridgehead atoms. The van der Waals surface area contributed by atoms with Crippen LogP contribution in [0.25, 0.3) is 0 Å². The minimum atomic E-state index is -0.286. The largest absolute Gasteiger partial charge is 0.466 e. The first kappa shape index (κ1) is 12.7. The summed E-state index contributed by atoms with van der Waals surface area (Å²) in [6.45, 7) is 4.33. The fraction of sp³-hybridized carbons (Fsp3) is 0.455. The number of hydrogen-bond donors (Lipinski definition) is 1. The number of carbonyl (C=O) groups excluding carboxylic acids is 2. The van der Waals surface area contributed by atoms with Gasteiger partial charge in [0.15, 0.2) is 0 Å². The first-order valence-electron chi connectivity index (χ1n) is 5.13. The molecule has 1 aromatic rings. The van der Waals surface area contributed by atoms with Crippen molar-refractivity contribution in [2.45, 2.75) is 20.3 Å². The highest BCUT2D eigenvalue weighted by molar-refractivity contribution is 7.12. The van der Waals surface area contributed by atoms with Crippen LogP contribution in [0.1, 0.15) is 28.6 Å². The van der Waals surface area contributed by atoms with E-state index < -0.39 is 0 Å². The normalized spacial score (nSPS) is 9.88. The minimum Gasteiger partial charge on any atom is -0.466 e. The molecule has 0 unspecified atom stereocenters. The second kappa shape index (κ2) is 6.27. The third-order valence-electron chi connectivity index (χ3n) is 1.99. The number of ether oxygens (including phenoxy) is 1. The molecular weight excluding hydrogens is 226 g/mol. The second-order valence-corrected chi connectivity index (χ2v) is 4.16. The van der Waals surface area contributed by atoms with Crippen LogP contribution >= 0.6 is 11.3 Å². The zero-order chi connectivity index (χ0) is 12.0. The zero-order valence-electron chi connectivity index (χ0n) is 9.41. The molecule has 0 aliphatic heterocycles. The van der Waals surface area contributed by atoms with E-state index in [1.807, 2.05) is 18.4 Å². The monoisotopic (exact) mass is 241 g/mol. The molecule has 0 aromatic carbocycles. The van der Waals surface area contributed by atoms with Crippen LogP contribution in [0.15, 0.2) is 11.4 Å². The Morgan fingerprint density at radius 2 is 2.25 bits per heavy atom. The smallest absolute Gasteiger partial charge is 0.307 e.